The van der Waals surface area contributed by atoms with Crippen LogP contribution in [0.3, 0.4) is 0 Å². The van der Waals surface area contributed by atoms with Crippen molar-refractivity contribution in [3.05, 3.63) is 62.9 Å². The maximum atomic E-state index is 12.1. The second kappa shape index (κ2) is 6.01. The van der Waals surface area contributed by atoms with Crippen molar-refractivity contribution in [3.63, 3.8) is 0 Å². The van der Waals surface area contributed by atoms with E-state index in [1.165, 1.54) is 23.5 Å². The SMILES string of the molecule is COc1ccc(Nc2nc(=O)c3cc([N+](=O)[O-])ccc3s2)cc1. The summed E-state index contributed by atoms with van der Waals surface area (Å²) >= 11 is 1.25. The van der Waals surface area contributed by atoms with Crippen molar-refractivity contribution in [1.29, 1.82) is 0 Å². The number of rotatable bonds is 4. The molecule has 0 bridgehead atoms. The van der Waals surface area contributed by atoms with E-state index in [2.05, 4.69) is 10.3 Å². The lowest BCUT2D eigenvalue weighted by Gasteiger charge is -2.06. The lowest BCUT2D eigenvalue weighted by atomic mass is 10.2. The van der Waals surface area contributed by atoms with Gasteiger partial charge in [0.15, 0.2) is 5.13 Å². The van der Waals surface area contributed by atoms with Gasteiger partial charge in [-0.1, -0.05) is 11.3 Å². The van der Waals surface area contributed by atoms with Crippen LogP contribution in [0.2, 0.25) is 0 Å². The van der Waals surface area contributed by atoms with E-state index in [-0.39, 0.29) is 11.1 Å². The Morgan fingerprint density at radius 3 is 2.61 bits per heavy atom. The molecule has 0 amide bonds. The Morgan fingerprint density at radius 2 is 1.96 bits per heavy atom. The molecule has 0 atom stereocenters. The molecule has 3 rings (SSSR count). The summed E-state index contributed by atoms with van der Waals surface area (Å²) in [6.45, 7) is 0. The number of nitrogens with zero attached hydrogens (tertiary/aromatic N) is 2. The number of nitro benzene ring substituents is 1. The number of ether oxygens (including phenoxy) is 1. The summed E-state index contributed by atoms with van der Waals surface area (Å²) in [5, 5.41) is 14.5. The Morgan fingerprint density at radius 1 is 1.22 bits per heavy atom. The summed E-state index contributed by atoms with van der Waals surface area (Å²) in [6.07, 6.45) is 0. The van der Waals surface area contributed by atoms with Crippen LogP contribution in [0.15, 0.2) is 47.3 Å². The number of hydrogen-bond donors (Lipinski definition) is 1. The number of non-ortho nitro benzene ring substituents is 1. The van der Waals surface area contributed by atoms with Crippen molar-refractivity contribution < 1.29 is 9.66 Å². The predicted octanol–water partition coefficient (Wildman–Crippen LogP) is 3.32. The Bertz CT molecular complexity index is 938. The van der Waals surface area contributed by atoms with Crippen LogP contribution >= 0.6 is 11.3 Å². The number of benzene rings is 2. The molecule has 8 heteroatoms. The summed E-state index contributed by atoms with van der Waals surface area (Å²) in [6, 6.07) is 11.4. The monoisotopic (exact) mass is 329 g/mol. The van der Waals surface area contributed by atoms with E-state index in [9.17, 15) is 14.9 Å². The van der Waals surface area contributed by atoms with Gasteiger partial charge in [-0.3, -0.25) is 14.9 Å². The molecule has 116 valence electrons. The van der Waals surface area contributed by atoms with Crippen LogP contribution in [-0.4, -0.2) is 17.0 Å². The lowest BCUT2D eigenvalue weighted by molar-refractivity contribution is -0.384. The molecule has 1 heterocycles. The Hall–Kier alpha value is -3.00. The summed E-state index contributed by atoms with van der Waals surface area (Å²) in [5.41, 5.74) is 0.133. The number of nitro groups is 1. The normalized spacial score (nSPS) is 10.5. The smallest absolute Gasteiger partial charge is 0.281 e. The molecule has 0 unspecified atom stereocenters. The molecule has 0 radical (unpaired) electrons. The molecule has 2 aromatic carbocycles. The van der Waals surface area contributed by atoms with Gasteiger partial charge in [0.25, 0.3) is 11.2 Å². The topological polar surface area (TPSA) is 94.4 Å². The molecular formula is C15H11N3O4S. The van der Waals surface area contributed by atoms with Crippen molar-refractivity contribution in [1.82, 2.24) is 4.98 Å². The van der Waals surface area contributed by atoms with Gasteiger partial charge in [0.2, 0.25) is 0 Å². The van der Waals surface area contributed by atoms with Crippen LogP contribution in [0.5, 0.6) is 5.75 Å². The van der Waals surface area contributed by atoms with Crippen LogP contribution in [0, 0.1) is 10.1 Å². The zero-order chi connectivity index (χ0) is 16.4. The Labute approximate surface area is 134 Å². The molecule has 0 spiro atoms. The van der Waals surface area contributed by atoms with Crippen molar-refractivity contribution in [2.24, 2.45) is 0 Å². The minimum Gasteiger partial charge on any atom is -0.497 e. The molecule has 0 fully saturated rings. The summed E-state index contributed by atoms with van der Waals surface area (Å²) < 4.78 is 5.71. The van der Waals surface area contributed by atoms with Crippen LogP contribution in [0.4, 0.5) is 16.5 Å². The average molecular weight is 329 g/mol. The maximum Gasteiger partial charge on any atom is 0.281 e. The quantitative estimate of drug-likeness (QED) is 0.583. The van der Waals surface area contributed by atoms with Crippen LogP contribution in [0.25, 0.3) is 10.1 Å². The van der Waals surface area contributed by atoms with Gasteiger partial charge < -0.3 is 10.1 Å². The Balaban J connectivity index is 1.97. The highest BCUT2D eigenvalue weighted by atomic mass is 32.1. The summed E-state index contributed by atoms with van der Waals surface area (Å²) in [4.78, 5) is 26.3. The third-order valence-electron chi connectivity index (χ3n) is 3.16. The van der Waals surface area contributed by atoms with Gasteiger partial charge in [0.1, 0.15) is 5.75 Å². The van der Waals surface area contributed by atoms with E-state index in [1.807, 2.05) is 0 Å². The second-order valence-corrected chi connectivity index (χ2v) is 5.65. The third-order valence-corrected chi connectivity index (χ3v) is 4.12. The molecule has 23 heavy (non-hydrogen) atoms. The predicted molar refractivity (Wildman–Crippen MR) is 88.8 cm³/mol. The fourth-order valence-electron chi connectivity index (χ4n) is 2.02. The fraction of sp³-hybridized carbons (Fsp3) is 0.0667. The van der Waals surface area contributed by atoms with Gasteiger partial charge >= 0.3 is 0 Å². The molecule has 0 aliphatic heterocycles. The fourth-order valence-corrected chi connectivity index (χ4v) is 2.92. The van der Waals surface area contributed by atoms with Crippen molar-refractivity contribution >= 4 is 37.9 Å². The van der Waals surface area contributed by atoms with Crippen molar-refractivity contribution in [3.8, 4) is 5.75 Å². The highest BCUT2D eigenvalue weighted by Crippen LogP contribution is 2.27. The first-order valence-corrected chi connectivity index (χ1v) is 7.39. The van der Waals surface area contributed by atoms with Gasteiger partial charge in [-0.05, 0) is 30.3 Å². The second-order valence-electron chi connectivity index (χ2n) is 4.62. The molecule has 0 aliphatic carbocycles. The highest BCUT2D eigenvalue weighted by Gasteiger charge is 2.11. The molecule has 1 aromatic heterocycles. The van der Waals surface area contributed by atoms with E-state index in [1.54, 1.807) is 37.4 Å². The first-order chi connectivity index (χ1) is 11.1. The zero-order valence-electron chi connectivity index (χ0n) is 12.0. The van der Waals surface area contributed by atoms with Gasteiger partial charge in [-0.25, -0.2) is 0 Å². The molecule has 0 saturated heterocycles. The number of fused-ring (bicyclic) bond motifs is 1. The number of methoxy groups -OCH3 is 1. The molecule has 1 N–H and O–H groups in total. The van der Waals surface area contributed by atoms with E-state index >= 15 is 0 Å². The van der Waals surface area contributed by atoms with Gasteiger partial charge in [0, 0.05) is 22.5 Å². The standard InChI is InChI=1S/C15H11N3O4S/c1-22-11-5-2-9(3-6-11)16-15-17-14(19)12-8-10(18(20)21)4-7-13(12)23-15/h2-8H,1H3,(H,16,17,19). The average Bonchev–Trinajstić information content (AvgIpc) is 2.55. The van der Waals surface area contributed by atoms with Gasteiger partial charge in [-0.15, -0.1) is 0 Å². The van der Waals surface area contributed by atoms with E-state index in [0.29, 0.717) is 9.83 Å². The minimum atomic E-state index is -0.535. The molecule has 0 aliphatic rings. The van der Waals surface area contributed by atoms with E-state index < -0.39 is 10.5 Å². The zero-order valence-corrected chi connectivity index (χ0v) is 12.8. The van der Waals surface area contributed by atoms with E-state index in [4.69, 9.17) is 4.74 Å². The minimum absolute atomic E-state index is 0.125. The third kappa shape index (κ3) is 3.11. The number of hydrogen-bond acceptors (Lipinski definition) is 7. The highest BCUT2D eigenvalue weighted by molar-refractivity contribution is 7.21. The number of aromatic nitrogens is 1. The lowest BCUT2D eigenvalue weighted by Crippen LogP contribution is -2.07. The molecular weight excluding hydrogens is 318 g/mol. The molecule has 3 aromatic rings. The number of anilines is 2. The first-order valence-electron chi connectivity index (χ1n) is 6.57. The van der Waals surface area contributed by atoms with Crippen LogP contribution < -0.4 is 15.6 Å². The van der Waals surface area contributed by atoms with Crippen LogP contribution in [0.1, 0.15) is 0 Å². The Kier molecular flexibility index (Phi) is 3.90. The maximum absolute atomic E-state index is 12.1. The van der Waals surface area contributed by atoms with Crippen LogP contribution in [-0.2, 0) is 0 Å². The van der Waals surface area contributed by atoms with Crippen molar-refractivity contribution in [2.75, 3.05) is 12.4 Å². The van der Waals surface area contributed by atoms with Gasteiger partial charge in [-0.2, -0.15) is 4.98 Å². The van der Waals surface area contributed by atoms with Crippen molar-refractivity contribution in [2.45, 2.75) is 0 Å². The largest absolute Gasteiger partial charge is 0.497 e. The summed E-state index contributed by atoms with van der Waals surface area (Å²) in [7, 11) is 1.58. The van der Waals surface area contributed by atoms with Gasteiger partial charge in [0.05, 0.1) is 17.4 Å². The van der Waals surface area contributed by atoms with E-state index in [0.717, 1.165) is 11.4 Å². The number of nitrogens with one attached hydrogen (secondary N) is 1. The molecule has 7 nitrogen and oxygen atoms in total. The first kappa shape index (κ1) is 14.9. The summed E-state index contributed by atoms with van der Waals surface area (Å²) in [5.74, 6) is 0.725. The molecule has 0 saturated carbocycles.